The number of hydrogen-bond donors (Lipinski definition) is 3. The summed E-state index contributed by atoms with van der Waals surface area (Å²) in [6.45, 7) is 0. The minimum atomic E-state index is -0.475. The molecule has 3 N–H and O–H groups in total. The van der Waals surface area contributed by atoms with E-state index in [0.29, 0.717) is 35.8 Å². The Labute approximate surface area is 170 Å². The van der Waals surface area contributed by atoms with Crippen LogP contribution in [0.25, 0.3) is 0 Å². The Bertz CT molecular complexity index is 1110. The van der Waals surface area contributed by atoms with Gasteiger partial charge in [-0.05, 0) is 45.9 Å². The molecule has 0 spiro atoms. The number of ether oxygens (including phenoxy) is 1. The molecule has 2 aromatic heterocycles. The van der Waals surface area contributed by atoms with Gasteiger partial charge in [-0.3, -0.25) is 4.79 Å². The van der Waals surface area contributed by atoms with E-state index in [1.165, 1.54) is 12.0 Å². The molecular weight excluding hydrogens is 392 g/mol. The van der Waals surface area contributed by atoms with E-state index >= 15 is 0 Å². The first-order valence-corrected chi connectivity index (χ1v) is 10.0. The topological polar surface area (TPSA) is 110 Å². The number of carbonyl (C=O) groups excluding carboxylic acids is 1. The molecule has 1 aliphatic heterocycles. The van der Waals surface area contributed by atoms with Crippen molar-refractivity contribution in [2.45, 2.75) is 24.8 Å². The fraction of sp³-hybridized carbons (Fsp3) is 0.250. The number of phenols is 1. The van der Waals surface area contributed by atoms with Gasteiger partial charge in [-0.2, -0.15) is 0 Å². The number of aromatic hydroxyl groups is 1. The molecular formula is C20H18N4O4S. The Morgan fingerprint density at radius 2 is 2.10 bits per heavy atom. The smallest absolute Gasteiger partial charge is 0.219 e. The molecule has 2 atom stereocenters. The number of benzene rings is 1. The molecule has 29 heavy (non-hydrogen) atoms. The molecule has 0 radical (unpaired) electrons. The highest BCUT2D eigenvalue weighted by Crippen LogP contribution is 2.45. The number of anilines is 2. The van der Waals surface area contributed by atoms with Crippen molar-refractivity contribution in [3.8, 4) is 11.5 Å². The van der Waals surface area contributed by atoms with Gasteiger partial charge in [0.25, 0.3) is 0 Å². The van der Waals surface area contributed by atoms with E-state index in [1.54, 1.807) is 29.5 Å². The van der Waals surface area contributed by atoms with Crippen LogP contribution in [0.2, 0.25) is 0 Å². The zero-order valence-electron chi connectivity index (χ0n) is 15.5. The molecule has 9 heteroatoms. The molecule has 5 rings (SSSR count). The average Bonchev–Trinajstić information content (AvgIpc) is 3.37. The summed E-state index contributed by atoms with van der Waals surface area (Å²) < 4.78 is 10.1. The fourth-order valence-electron chi connectivity index (χ4n) is 3.95. The van der Waals surface area contributed by atoms with Crippen molar-refractivity contribution in [1.29, 1.82) is 0 Å². The molecule has 0 saturated heterocycles. The van der Waals surface area contributed by atoms with Gasteiger partial charge in [-0.1, -0.05) is 12.1 Å². The molecule has 0 unspecified atom stereocenters. The van der Waals surface area contributed by atoms with Crippen LogP contribution in [0.3, 0.4) is 0 Å². The van der Waals surface area contributed by atoms with E-state index in [2.05, 4.69) is 27.0 Å². The number of rotatable bonds is 3. The Morgan fingerprint density at radius 1 is 1.24 bits per heavy atom. The van der Waals surface area contributed by atoms with Gasteiger partial charge in [0.2, 0.25) is 11.6 Å². The van der Waals surface area contributed by atoms with Gasteiger partial charge >= 0.3 is 0 Å². The molecule has 148 valence electrons. The zero-order valence-corrected chi connectivity index (χ0v) is 16.3. The van der Waals surface area contributed by atoms with Crippen LogP contribution in [0.5, 0.6) is 11.5 Å². The lowest BCUT2D eigenvalue weighted by molar-refractivity contribution is -0.116. The lowest BCUT2D eigenvalue weighted by Gasteiger charge is -2.29. The van der Waals surface area contributed by atoms with Gasteiger partial charge in [0, 0.05) is 28.5 Å². The first-order valence-electron chi connectivity index (χ1n) is 9.16. The Morgan fingerprint density at radius 3 is 2.90 bits per heavy atom. The summed E-state index contributed by atoms with van der Waals surface area (Å²) in [5.74, 6) is 1.42. The quantitative estimate of drug-likeness (QED) is 0.598. The highest BCUT2D eigenvalue weighted by molar-refractivity contribution is 7.10. The number of allylic oxidation sites excluding steroid dienone is 1. The van der Waals surface area contributed by atoms with E-state index in [0.717, 1.165) is 11.3 Å². The Hall–Kier alpha value is -3.33. The number of methoxy groups -OCH3 is 1. The molecule has 2 aliphatic rings. The largest absolute Gasteiger partial charge is 0.504 e. The van der Waals surface area contributed by atoms with Crippen LogP contribution in [-0.2, 0) is 4.79 Å². The summed E-state index contributed by atoms with van der Waals surface area (Å²) in [5.41, 5.74) is 2.22. The van der Waals surface area contributed by atoms with Crippen LogP contribution in [-0.4, -0.2) is 28.3 Å². The highest BCUT2D eigenvalue weighted by atomic mass is 32.1. The molecule has 1 aliphatic carbocycles. The number of carbonyl (C=O) groups is 1. The lowest BCUT2D eigenvalue weighted by Crippen LogP contribution is -2.26. The highest BCUT2D eigenvalue weighted by Gasteiger charge is 2.37. The third kappa shape index (κ3) is 3.03. The second-order valence-corrected chi connectivity index (χ2v) is 8.01. The predicted octanol–water partition coefficient (Wildman–Crippen LogP) is 3.82. The molecule has 8 nitrogen and oxygen atoms in total. The van der Waals surface area contributed by atoms with Gasteiger partial charge in [0.05, 0.1) is 13.2 Å². The number of nitrogens with one attached hydrogen (secondary N) is 2. The van der Waals surface area contributed by atoms with Gasteiger partial charge in [-0.25, -0.2) is 4.63 Å². The zero-order chi connectivity index (χ0) is 20.0. The average molecular weight is 410 g/mol. The lowest BCUT2D eigenvalue weighted by atomic mass is 9.81. The van der Waals surface area contributed by atoms with Crippen LogP contribution in [0.4, 0.5) is 11.6 Å². The van der Waals surface area contributed by atoms with Crippen molar-refractivity contribution in [3.05, 3.63) is 57.4 Å². The molecule has 3 aromatic rings. The first kappa shape index (κ1) is 17.7. The summed E-state index contributed by atoms with van der Waals surface area (Å²) in [6.07, 6.45) is 1.12. The minimum absolute atomic E-state index is 0.0359. The number of fused-ring (bicyclic) bond motifs is 1. The molecule has 0 bridgehead atoms. The Kier molecular flexibility index (Phi) is 4.24. The number of phenolic OH excluding ortho intramolecular Hbond substituents is 1. The van der Waals surface area contributed by atoms with Gasteiger partial charge in [0.1, 0.15) is 0 Å². The molecule has 0 amide bonds. The van der Waals surface area contributed by atoms with Gasteiger partial charge in [0.15, 0.2) is 17.3 Å². The number of Topliss-reactive ketones (excluding diaryl/α,β-unsaturated/α-hetero) is 1. The van der Waals surface area contributed by atoms with Crippen molar-refractivity contribution in [2.75, 3.05) is 17.7 Å². The van der Waals surface area contributed by atoms with Crippen molar-refractivity contribution in [2.24, 2.45) is 0 Å². The normalized spacial score (nSPS) is 20.9. The first-order chi connectivity index (χ1) is 14.1. The monoisotopic (exact) mass is 410 g/mol. The third-order valence-electron chi connectivity index (χ3n) is 5.32. The summed E-state index contributed by atoms with van der Waals surface area (Å²) in [6, 6.07) is 8.62. The van der Waals surface area contributed by atoms with E-state index in [9.17, 15) is 9.90 Å². The van der Waals surface area contributed by atoms with E-state index in [4.69, 9.17) is 9.37 Å². The molecule has 3 heterocycles. The predicted molar refractivity (Wildman–Crippen MR) is 107 cm³/mol. The maximum Gasteiger partial charge on any atom is 0.219 e. The number of ketones is 1. The summed E-state index contributed by atoms with van der Waals surface area (Å²) in [4.78, 5) is 14.5. The molecule has 1 aromatic carbocycles. The Balaban J connectivity index is 1.62. The van der Waals surface area contributed by atoms with E-state index in [-0.39, 0.29) is 17.5 Å². The third-order valence-corrected chi connectivity index (χ3v) is 6.35. The van der Waals surface area contributed by atoms with Gasteiger partial charge < -0.3 is 20.5 Å². The standard InChI is InChI=1S/C20H18N4O4S/c1-27-15-9-10(4-5-13(15)25)18-17-12(21-19-20(22-18)24-28-23-19)7-11(8-14(17)26)16-3-2-6-29-16/h2-6,9,11,18,25H,7-8H2,1H3,(H,21,23)(H,22,24)/t11-,18-/m0/s1. The van der Waals surface area contributed by atoms with E-state index < -0.39 is 6.04 Å². The van der Waals surface area contributed by atoms with Crippen molar-refractivity contribution >= 4 is 28.8 Å². The maximum absolute atomic E-state index is 13.3. The number of nitrogens with zero attached hydrogens (tertiary/aromatic N) is 2. The maximum atomic E-state index is 13.3. The second-order valence-electron chi connectivity index (χ2n) is 7.03. The van der Waals surface area contributed by atoms with Crippen LogP contribution in [0.1, 0.15) is 35.2 Å². The minimum Gasteiger partial charge on any atom is -0.504 e. The van der Waals surface area contributed by atoms with Crippen LogP contribution in [0, 0.1) is 0 Å². The number of thiophene rings is 1. The summed E-state index contributed by atoms with van der Waals surface area (Å²) in [5, 5.41) is 26.4. The van der Waals surface area contributed by atoms with Crippen LogP contribution in [0.15, 0.2) is 51.6 Å². The van der Waals surface area contributed by atoms with Crippen molar-refractivity contribution < 1.29 is 19.3 Å². The summed E-state index contributed by atoms with van der Waals surface area (Å²) in [7, 11) is 1.49. The van der Waals surface area contributed by atoms with Crippen molar-refractivity contribution in [3.63, 3.8) is 0 Å². The SMILES string of the molecule is COc1cc([C@@H]2Nc3nonc3NC3=C2C(=O)C[C@@H](c2cccs2)C3)ccc1O. The van der Waals surface area contributed by atoms with Crippen LogP contribution < -0.4 is 15.4 Å². The number of aromatic nitrogens is 2. The second kappa shape index (κ2) is 6.93. The molecule has 0 fully saturated rings. The van der Waals surface area contributed by atoms with Crippen molar-refractivity contribution in [1.82, 2.24) is 10.3 Å². The van der Waals surface area contributed by atoms with E-state index in [1.807, 2.05) is 11.4 Å². The fourth-order valence-corrected chi connectivity index (χ4v) is 4.78. The van der Waals surface area contributed by atoms with Crippen LogP contribution >= 0.6 is 11.3 Å². The molecule has 0 saturated carbocycles. The summed E-state index contributed by atoms with van der Waals surface area (Å²) >= 11 is 1.66. The number of hydrogen-bond acceptors (Lipinski definition) is 9. The van der Waals surface area contributed by atoms with Gasteiger partial charge in [-0.15, -0.1) is 11.3 Å².